The lowest BCUT2D eigenvalue weighted by Crippen LogP contribution is -2.27. The lowest BCUT2D eigenvalue weighted by Gasteiger charge is -2.15. The maximum atomic E-state index is 12.4. The normalized spacial score (nSPS) is 10.6. The molecule has 33 heavy (non-hydrogen) atoms. The summed E-state index contributed by atoms with van der Waals surface area (Å²) >= 11 is 0. The van der Waals surface area contributed by atoms with Gasteiger partial charge in [-0.3, -0.25) is 10.2 Å². The quantitative estimate of drug-likeness (QED) is 0.248. The zero-order valence-electron chi connectivity index (χ0n) is 18.7. The summed E-state index contributed by atoms with van der Waals surface area (Å²) in [5.41, 5.74) is 9.62. The lowest BCUT2D eigenvalue weighted by molar-refractivity contribution is 0.0697. The third kappa shape index (κ3) is 5.98. The average molecular weight is 445 g/mol. The summed E-state index contributed by atoms with van der Waals surface area (Å²) in [6.45, 7) is 4.97. The van der Waals surface area contributed by atoms with Crippen LogP contribution in [0.15, 0.2) is 66.7 Å². The van der Waals surface area contributed by atoms with Gasteiger partial charge in [-0.25, -0.2) is 4.79 Å². The lowest BCUT2D eigenvalue weighted by atomic mass is 9.93. The number of carboxylic acids is 1. The molecule has 0 unspecified atom stereocenters. The van der Waals surface area contributed by atoms with Crippen LogP contribution in [0.3, 0.4) is 0 Å². The molecule has 0 aliphatic rings. The van der Waals surface area contributed by atoms with Gasteiger partial charge in [0.15, 0.2) is 0 Å². The highest BCUT2D eigenvalue weighted by molar-refractivity contribution is 6.01. The molecule has 6 N–H and O–H groups in total. The molecular weight excluding hydrogens is 416 g/mol. The number of nitrogen functional groups attached to an aromatic ring is 1. The van der Waals surface area contributed by atoms with E-state index in [1.165, 1.54) is 6.07 Å². The third-order valence-corrected chi connectivity index (χ3v) is 5.17. The topological polar surface area (TPSA) is 128 Å². The summed E-state index contributed by atoms with van der Waals surface area (Å²) in [6.07, 6.45) is 0. The molecule has 0 aromatic heterocycles. The van der Waals surface area contributed by atoms with Gasteiger partial charge in [-0.05, 0) is 59.0 Å². The van der Waals surface area contributed by atoms with Gasteiger partial charge in [0, 0.05) is 29.9 Å². The molecule has 0 aliphatic heterocycles. The van der Waals surface area contributed by atoms with Crippen molar-refractivity contribution < 1.29 is 14.7 Å². The molecule has 7 heteroatoms. The standard InChI is InChI=1S/C26H28N4O3/c1-16(2)14-30-25(31)18-9-12-22(23(13-18)26(32)33)21-6-4-3-5-19(21)15-29-20-10-7-17(8-11-20)24(27)28/h3-13,16,29H,14-15H2,1-2H3,(H3,27,28)(H,30,31)(H,32,33). The molecule has 0 fully saturated rings. The van der Waals surface area contributed by atoms with Crippen LogP contribution >= 0.6 is 0 Å². The molecule has 0 heterocycles. The number of amides is 1. The molecule has 3 aromatic carbocycles. The Morgan fingerprint density at radius 2 is 1.64 bits per heavy atom. The van der Waals surface area contributed by atoms with Gasteiger partial charge in [0.05, 0.1) is 5.56 Å². The largest absolute Gasteiger partial charge is 0.478 e. The Bertz CT molecular complexity index is 1170. The van der Waals surface area contributed by atoms with Gasteiger partial charge in [0.1, 0.15) is 5.84 Å². The van der Waals surface area contributed by atoms with Gasteiger partial charge in [0.25, 0.3) is 5.91 Å². The van der Waals surface area contributed by atoms with Gasteiger partial charge in [-0.1, -0.05) is 44.2 Å². The fraction of sp³-hybridized carbons (Fsp3) is 0.192. The van der Waals surface area contributed by atoms with Crippen molar-refractivity contribution in [3.63, 3.8) is 0 Å². The Kier molecular flexibility index (Phi) is 7.46. The number of nitrogens with one attached hydrogen (secondary N) is 3. The number of benzene rings is 3. The van der Waals surface area contributed by atoms with Crippen molar-refractivity contribution in [1.82, 2.24) is 5.32 Å². The van der Waals surface area contributed by atoms with Crippen LogP contribution < -0.4 is 16.4 Å². The molecule has 0 saturated heterocycles. The van der Waals surface area contributed by atoms with E-state index in [1.807, 2.05) is 50.2 Å². The number of hydrogen-bond acceptors (Lipinski definition) is 4. The third-order valence-electron chi connectivity index (χ3n) is 5.17. The molecule has 3 rings (SSSR count). The Hall–Kier alpha value is -4.13. The highest BCUT2D eigenvalue weighted by Gasteiger charge is 2.17. The fourth-order valence-electron chi connectivity index (χ4n) is 3.40. The number of hydrogen-bond donors (Lipinski definition) is 5. The van der Waals surface area contributed by atoms with E-state index in [-0.39, 0.29) is 17.3 Å². The molecule has 0 saturated carbocycles. The van der Waals surface area contributed by atoms with E-state index in [0.717, 1.165) is 16.8 Å². The van der Waals surface area contributed by atoms with Gasteiger partial charge >= 0.3 is 5.97 Å². The zero-order valence-corrected chi connectivity index (χ0v) is 18.7. The summed E-state index contributed by atoms with van der Waals surface area (Å²) in [5.74, 6) is -1.08. The van der Waals surface area contributed by atoms with Gasteiger partial charge in [-0.2, -0.15) is 0 Å². The monoisotopic (exact) mass is 444 g/mol. The number of nitrogens with two attached hydrogens (primary N) is 1. The first-order valence-corrected chi connectivity index (χ1v) is 10.7. The first-order chi connectivity index (χ1) is 15.8. The van der Waals surface area contributed by atoms with Crippen LogP contribution in [0.2, 0.25) is 0 Å². The first-order valence-electron chi connectivity index (χ1n) is 10.7. The zero-order chi connectivity index (χ0) is 24.0. The molecule has 0 spiro atoms. The number of amidine groups is 1. The SMILES string of the molecule is CC(C)CNC(=O)c1ccc(-c2ccccc2CNc2ccc(C(=N)N)cc2)c(C(=O)O)c1. The van der Waals surface area contributed by atoms with E-state index in [1.54, 1.807) is 24.3 Å². The fourth-order valence-corrected chi connectivity index (χ4v) is 3.40. The summed E-state index contributed by atoms with van der Waals surface area (Å²) < 4.78 is 0. The average Bonchev–Trinajstić information content (AvgIpc) is 2.81. The molecule has 170 valence electrons. The van der Waals surface area contributed by atoms with Gasteiger partial charge in [-0.15, -0.1) is 0 Å². The van der Waals surface area contributed by atoms with Crippen LogP contribution in [0, 0.1) is 11.3 Å². The highest BCUT2D eigenvalue weighted by atomic mass is 16.4. The summed E-state index contributed by atoms with van der Waals surface area (Å²) in [7, 11) is 0. The Morgan fingerprint density at radius 1 is 0.970 bits per heavy atom. The number of carbonyl (C=O) groups excluding carboxylic acids is 1. The maximum absolute atomic E-state index is 12.4. The minimum Gasteiger partial charge on any atom is -0.478 e. The molecule has 1 amide bonds. The van der Waals surface area contributed by atoms with Crippen LogP contribution in [-0.4, -0.2) is 29.4 Å². The van der Waals surface area contributed by atoms with Crippen molar-refractivity contribution >= 4 is 23.4 Å². The second kappa shape index (κ2) is 10.5. The van der Waals surface area contributed by atoms with Crippen LogP contribution in [0.5, 0.6) is 0 Å². The van der Waals surface area contributed by atoms with Crippen LogP contribution in [0.4, 0.5) is 5.69 Å². The van der Waals surface area contributed by atoms with Gasteiger partial charge < -0.3 is 21.5 Å². The van der Waals surface area contributed by atoms with Crippen LogP contribution in [-0.2, 0) is 6.54 Å². The Morgan fingerprint density at radius 3 is 2.27 bits per heavy atom. The number of carbonyl (C=O) groups is 2. The number of carboxylic acid groups (broad SMARTS) is 1. The Labute approximate surface area is 193 Å². The van der Waals surface area contributed by atoms with E-state index < -0.39 is 5.97 Å². The van der Waals surface area contributed by atoms with Crippen molar-refractivity contribution in [2.45, 2.75) is 20.4 Å². The van der Waals surface area contributed by atoms with Crippen molar-refractivity contribution in [3.8, 4) is 11.1 Å². The van der Waals surface area contributed by atoms with Crippen LogP contribution in [0.25, 0.3) is 11.1 Å². The molecular formula is C26H28N4O3. The number of anilines is 1. The highest BCUT2D eigenvalue weighted by Crippen LogP contribution is 2.29. The second-order valence-corrected chi connectivity index (χ2v) is 8.17. The van der Waals surface area contributed by atoms with Crippen molar-refractivity contribution in [3.05, 3.63) is 89.0 Å². The molecule has 0 bridgehead atoms. The van der Waals surface area contributed by atoms with E-state index >= 15 is 0 Å². The van der Waals surface area contributed by atoms with Gasteiger partial charge in [0.2, 0.25) is 0 Å². The molecule has 7 nitrogen and oxygen atoms in total. The minimum absolute atomic E-state index is 0.00873. The Balaban J connectivity index is 1.87. The smallest absolute Gasteiger partial charge is 0.336 e. The summed E-state index contributed by atoms with van der Waals surface area (Å²) in [4.78, 5) is 24.5. The number of aromatic carboxylic acids is 1. The molecule has 3 aromatic rings. The molecule has 0 atom stereocenters. The second-order valence-electron chi connectivity index (χ2n) is 8.17. The van der Waals surface area contributed by atoms with Crippen molar-refractivity contribution in [2.24, 2.45) is 11.7 Å². The minimum atomic E-state index is -1.09. The molecule has 0 radical (unpaired) electrons. The summed E-state index contributed by atoms with van der Waals surface area (Å²) in [6, 6.07) is 19.5. The van der Waals surface area contributed by atoms with Crippen molar-refractivity contribution in [2.75, 3.05) is 11.9 Å². The van der Waals surface area contributed by atoms with E-state index in [4.69, 9.17) is 11.1 Å². The van der Waals surface area contributed by atoms with E-state index in [9.17, 15) is 14.7 Å². The number of rotatable bonds is 9. The van der Waals surface area contributed by atoms with E-state index in [0.29, 0.717) is 35.7 Å². The first kappa shape index (κ1) is 23.5. The van der Waals surface area contributed by atoms with Crippen LogP contribution in [0.1, 0.15) is 45.7 Å². The maximum Gasteiger partial charge on any atom is 0.336 e. The van der Waals surface area contributed by atoms with Crippen molar-refractivity contribution in [1.29, 1.82) is 5.41 Å². The molecule has 0 aliphatic carbocycles. The predicted octanol–water partition coefficient (Wildman–Crippen LogP) is 4.33. The summed E-state index contributed by atoms with van der Waals surface area (Å²) in [5, 5.41) is 23.5. The van der Waals surface area contributed by atoms with E-state index in [2.05, 4.69) is 10.6 Å². The predicted molar refractivity (Wildman–Crippen MR) is 131 cm³/mol.